The van der Waals surface area contributed by atoms with Crippen LogP contribution in [0.3, 0.4) is 0 Å². The summed E-state index contributed by atoms with van der Waals surface area (Å²) < 4.78 is 4.50. The highest BCUT2D eigenvalue weighted by molar-refractivity contribution is 6.12. The number of pyridine rings is 1. The second-order valence-electron chi connectivity index (χ2n) is 13.6. The summed E-state index contributed by atoms with van der Waals surface area (Å²) in [4.78, 5) is 0. The minimum absolute atomic E-state index is 0.445. The molecule has 1 aliphatic rings. The average Bonchev–Trinajstić information content (AvgIpc) is 3.87. The number of benzene rings is 7. The first kappa shape index (κ1) is 28.2. The van der Waals surface area contributed by atoms with Crippen LogP contribution >= 0.6 is 0 Å². The molecule has 3 nitrogen and oxygen atoms in total. The summed E-state index contributed by atoms with van der Waals surface area (Å²) in [5, 5.41) is 8.78. The van der Waals surface area contributed by atoms with Crippen molar-refractivity contribution in [3.63, 3.8) is 0 Å². The number of fused-ring (bicyclic) bond motifs is 9. The Bertz CT molecular complexity index is 2930. The predicted octanol–water partition coefficient (Wildman–Crippen LogP) is 11.6. The molecule has 0 spiro atoms. The van der Waals surface area contributed by atoms with Crippen molar-refractivity contribution >= 4 is 38.2 Å². The van der Waals surface area contributed by atoms with E-state index >= 15 is 0 Å². The Balaban J connectivity index is 1.18. The third-order valence-electron chi connectivity index (χ3n) is 11.0. The molecule has 0 radical (unpaired) electrons. The van der Waals surface area contributed by atoms with Gasteiger partial charge in [-0.25, -0.2) is 4.52 Å². The van der Waals surface area contributed by atoms with Crippen LogP contribution in [0.15, 0.2) is 188 Å². The maximum absolute atomic E-state index is 5.11. The fourth-order valence-corrected chi connectivity index (χ4v) is 8.83. The van der Waals surface area contributed by atoms with E-state index in [1.807, 2.05) is 0 Å². The van der Waals surface area contributed by atoms with Crippen LogP contribution < -0.4 is 0 Å². The Hall–Kier alpha value is -6.71. The lowest BCUT2D eigenvalue weighted by Crippen LogP contribution is -2.28. The Labute approximate surface area is 295 Å². The van der Waals surface area contributed by atoms with Gasteiger partial charge in [0.2, 0.25) is 0 Å². The van der Waals surface area contributed by atoms with Gasteiger partial charge in [-0.05, 0) is 81.9 Å². The maximum Gasteiger partial charge on any atom is 0.0934 e. The summed E-state index contributed by atoms with van der Waals surface area (Å²) in [6, 6.07) is 68.6. The van der Waals surface area contributed by atoms with Gasteiger partial charge in [-0.3, -0.25) is 0 Å². The van der Waals surface area contributed by atoms with Crippen molar-refractivity contribution in [1.82, 2.24) is 14.2 Å². The largest absolute Gasteiger partial charge is 0.309 e. The number of para-hydroxylation sites is 2. The predicted molar refractivity (Wildman–Crippen MR) is 210 cm³/mol. The highest BCUT2D eigenvalue weighted by atomic mass is 15.2. The molecular formula is C48H31N3. The van der Waals surface area contributed by atoms with Crippen molar-refractivity contribution < 1.29 is 0 Å². The summed E-state index contributed by atoms with van der Waals surface area (Å²) in [5.74, 6) is 0. The topological polar surface area (TPSA) is 22.2 Å². The van der Waals surface area contributed by atoms with Gasteiger partial charge in [0.15, 0.2) is 0 Å². The van der Waals surface area contributed by atoms with E-state index in [-0.39, 0.29) is 0 Å². The van der Waals surface area contributed by atoms with E-state index in [0.29, 0.717) is 0 Å². The third-order valence-corrected chi connectivity index (χ3v) is 11.0. The number of rotatable bonds is 4. The highest BCUT2D eigenvalue weighted by Gasteiger charge is 2.46. The molecule has 0 saturated carbocycles. The number of hydrogen-bond donors (Lipinski definition) is 0. The lowest BCUT2D eigenvalue weighted by Gasteiger charge is -2.33. The molecule has 10 aromatic rings. The normalized spacial score (nSPS) is 13.3. The van der Waals surface area contributed by atoms with E-state index in [9.17, 15) is 0 Å². The monoisotopic (exact) mass is 649 g/mol. The van der Waals surface area contributed by atoms with Crippen LogP contribution in [-0.4, -0.2) is 14.2 Å². The third kappa shape index (κ3) is 3.92. The number of nitrogens with zero attached hydrogens (tertiary/aromatic N) is 3. The summed E-state index contributed by atoms with van der Waals surface area (Å²) in [5.41, 5.74) is 15.0. The highest BCUT2D eigenvalue weighted by Crippen LogP contribution is 2.57. The average molecular weight is 650 g/mol. The fourth-order valence-electron chi connectivity index (χ4n) is 8.83. The second-order valence-corrected chi connectivity index (χ2v) is 13.6. The molecule has 0 bridgehead atoms. The maximum atomic E-state index is 5.11. The van der Waals surface area contributed by atoms with Crippen molar-refractivity contribution in [2.75, 3.05) is 0 Å². The van der Waals surface area contributed by atoms with E-state index in [4.69, 9.17) is 5.10 Å². The molecule has 3 heteroatoms. The first-order valence-electron chi connectivity index (χ1n) is 17.6. The van der Waals surface area contributed by atoms with Gasteiger partial charge in [-0.2, -0.15) is 5.10 Å². The molecule has 7 aromatic carbocycles. The van der Waals surface area contributed by atoms with E-state index < -0.39 is 5.41 Å². The summed E-state index contributed by atoms with van der Waals surface area (Å²) in [7, 11) is 0. The van der Waals surface area contributed by atoms with Gasteiger partial charge >= 0.3 is 0 Å². The van der Waals surface area contributed by atoms with E-state index in [2.05, 4.69) is 197 Å². The first-order valence-corrected chi connectivity index (χ1v) is 17.6. The lowest BCUT2D eigenvalue weighted by atomic mass is 9.67. The van der Waals surface area contributed by atoms with Crippen LogP contribution in [0.2, 0.25) is 0 Å². The zero-order chi connectivity index (χ0) is 33.5. The van der Waals surface area contributed by atoms with Crippen molar-refractivity contribution in [3.05, 3.63) is 210 Å². The molecule has 51 heavy (non-hydrogen) atoms. The van der Waals surface area contributed by atoms with Gasteiger partial charge in [-0.15, -0.1) is 0 Å². The Kier molecular flexibility index (Phi) is 5.88. The molecule has 0 unspecified atom stereocenters. The smallest absolute Gasteiger partial charge is 0.0934 e. The molecule has 0 saturated heterocycles. The fraction of sp³-hybridized carbons (Fsp3) is 0.0208. The zero-order valence-electron chi connectivity index (χ0n) is 27.7. The number of aromatic nitrogens is 3. The molecule has 0 aliphatic heterocycles. The molecule has 1 aliphatic carbocycles. The minimum atomic E-state index is -0.445. The molecule has 0 N–H and O–H groups in total. The van der Waals surface area contributed by atoms with Crippen LogP contribution in [0.1, 0.15) is 22.3 Å². The Morgan fingerprint density at radius 2 is 1.14 bits per heavy atom. The van der Waals surface area contributed by atoms with Crippen molar-refractivity contribution in [3.8, 4) is 28.1 Å². The van der Waals surface area contributed by atoms with E-state index in [0.717, 1.165) is 28.0 Å². The summed E-state index contributed by atoms with van der Waals surface area (Å²) >= 11 is 0. The Morgan fingerprint density at radius 3 is 1.96 bits per heavy atom. The first-order chi connectivity index (χ1) is 25.3. The van der Waals surface area contributed by atoms with Gasteiger partial charge in [0.25, 0.3) is 0 Å². The second kappa shape index (κ2) is 10.6. The zero-order valence-corrected chi connectivity index (χ0v) is 27.7. The molecule has 0 fully saturated rings. The summed E-state index contributed by atoms with van der Waals surface area (Å²) in [6.45, 7) is 0. The lowest BCUT2D eigenvalue weighted by molar-refractivity contribution is 0.769. The van der Waals surface area contributed by atoms with Crippen LogP contribution in [0.4, 0.5) is 0 Å². The van der Waals surface area contributed by atoms with Crippen LogP contribution in [0, 0.1) is 0 Å². The molecule has 3 aromatic heterocycles. The number of hydrogen-bond acceptors (Lipinski definition) is 1. The van der Waals surface area contributed by atoms with Gasteiger partial charge < -0.3 is 4.57 Å². The van der Waals surface area contributed by atoms with Gasteiger partial charge in [-0.1, -0.05) is 140 Å². The molecule has 238 valence electrons. The van der Waals surface area contributed by atoms with Crippen LogP contribution in [0.25, 0.3) is 66.3 Å². The molecule has 0 atom stereocenters. The molecule has 0 amide bonds. The van der Waals surface area contributed by atoms with Crippen LogP contribution in [-0.2, 0) is 5.41 Å². The van der Waals surface area contributed by atoms with Crippen molar-refractivity contribution in [2.45, 2.75) is 5.41 Å². The van der Waals surface area contributed by atoms with Crippen molar-refractivity contribution in [1.29, 1.82) is 0 Å². The van der Waals surface area contributed by atoms with Crippen molar-refractivity contribution in [2.24, 2.45) is 0 Å². The molecule has 11 rings (SSSR count). The Morgan fingerprint density at radius 1 is 0.431 bits per heavy atom. The van der Waals surface area contributed by atoms with Gasteiger partial charge in [0.05, 0.1) is 33.2 Å². The quantitative estimate of drug-likeness (QED) is 0.186. The summed E-state index contributed by atoms with van der Waals surface area (Å²) in [6.07, 6.45) is 0. The SMILES string of the molecule is c1ccc(C2(c3ccccc3)c3ccccc3-c3cc4c(cc32)c2ccccc2n4-c2cccc(-c3cc4ccc5ccccc5n4n3)c2)cc1. The molecular weight excluding hydrogens is 619 g/mol. The minimum Gasteiger partial charge on any atom is -0.309 e. The van der Waals surface area contributed by atoms with Gasteiger partial charge in [0.1, 0.15) is 0 Å². The van der Waals surface area contributed by atoms with Crippen LogP contribution in [0.5, 0.6) is 0 Å². The molecule has 3 heterocycles. The van der Waals surface area contributed by atoms with E-state index in [1.165, 1.54) is 60.6 Å². The van der Waals surface area contributed by atoms with E-state index in [1.54, 1.807) is 0 Å². The van der Waals surface area contributed by atoms with Gasteiger partial charge in [0, 0.05) is 27.4 Å². The standard InChI is InChI=1S/C48H31N3/c1-3-16-34(17-4-1)48(35-18-5-2-6-19-35)42-23-10-8-21-38(42)40-31-47-41(30-43(40)48)39-22-9-12-25-46(39)50(47)36-20-13-15-33(28-36)44-29-37-27-26-32-14-7-11-24-45(32)51(37)49-44/h1-31H.